The minimum absolute atomic E-state index is 0.242. The summed E-state index contributed by atoms with van der Waals surface area (Å²) in [5.41, 5.74) is 2.47. The first kappa shape index (κ1) is 21.8. The molecule has 1 aliphatic rings. The number of rotatable bonds is 3. The predicted octanol–water partition coefficient (Wildman–Crippen LogP) is 4.18. The summed E-state index contributed by atoms with van der Waals surface area (Å²) in [4.78, 5) is 24.8. The molecule has 2 rings (SSSR count). The second kappa shape index (κ2) is 7.49. The van der Waals surface area contributed by atoms with Crippen LogP contribution in [0, 0.1) is 0 Å². The Balaban J connectivity index is 2.75. The summed E-state index contributed by atoms with van der Waals surface area (Å²) < 4.78 is 5.22. The zero-order chi connectivity index (χ0) is 21.4. The molecule has 1 atom stereocenters. The van der Waals surface area contributed by atoms with Gasteiger partial charge in [0.25, 0.3) is 0 Å². The number of urea groups is 1. The van der Waals surface area contributed by atoms with Gasteiger partial charge in [-0.25, -0.2) is 9.59 Å². The number of nitrogens with one attached hydrogen (secondary N) is 2. The molecule has 1 aliphatic heterocycles. The first-order chi connectivity index (χ1) is 12.8. The summed E-state index contributed by atoms with van der Waals surface area (Å²) in [7, 11) is 0. The summed E-state index contributed by atoms with van der Waals surface area (Å²) in [6.45, 7) is 15.8. The average molecular weight is 389 g/mol. The minimum Gasteiger partial charge on any atom is -0.507 e. The lowest BCUT2D eigenvalue weighted by Crippen LogP contribution is -2.45. The molecule has 154 valence electrons. The maximum absolute atomic E-state index is 12.6. The number of benzene rings is 1. The summed E-state index contributed by atoms with van der Waals surface area (Å²) in [5.74, 6) is -0.220. The summed E-state index contributed by atoms with van der Waals surface area (Å²) in [6, 6.07) is 2.70. The smallest absolute Gasteiger partial charge is 0.338 e. The molecule has 3 N–H and O–H groups in total. The lowest BCUT2D eigenvalue weighted by molar-refractivity contribution is -0.139. The van der Waals surface area contributed by atoms with Gasteiger partial charge in [0.15, 0.2) is 0 Å². The molecule has 2 amide bonds. The molecule has 1 aromatic carbocycles. The number of esters is 1. The van der Waals surface area contributed by atoms with Crippen molar-refractivity contribution in [3.8, 4) is 5.75 Å². The van der Waals surface area contributed by atoms with Crippen molar-refractivity contribution in [1.29, 1.82) is 0 Å². The molecule has 0 aliphatic carbocycles. The molecule has 0 radical (unpaired) electrons. The van der Waals surface area contributed by atoms with E-state index in [0.717, 1.165) is 16.7 Å². The van der Waals surface area contributed by atoms with Crippen molar-refractivity contribution >= 4 is 12.0 Å². The molecule has 0 saturated carbocycles. The van der Waals surface area contributed by atoms with E-state index in [4.69, 9.17) is 4.74 Å². The zero-order valence-corrected chi connectivity index (χ0v) is 18.1. The molecule has 6 nitrogen and oxygen atoms in total. The Bertz CT molecular complexity index is 791. The Kier molecular flexibility index (Phi) is 5.83. The number of hydrogen-bond donors (Lipinski definition) is 3. The second-order valence-electron chi connectivity index (χ2n) is 9.26. The number of phenols is 1. The monoisotopic (exact) mass is 388 g/mol. The molecule has 1 heterocycles. The number of carbonyl (C=O) groups excluding carboxylic acids is 2. The lowest BCUT2D eigenvalue weighted by atomic mass is 9.77. The van der Waals surface area contributed by atoms with Crippen LogP contribution in [0.1, 0.15) is 78.1 Å². The Hall–Kier alpha value is -2.50. The fourth-order valence-electron chi connectivity index (χ4n) is 3.39. The van der Waals surface area contributed by atoms with Gasteiger partial charge >= 0.3 is 12.0 Å². The molecule has 1 aromatic rings. The highest BCUT2D eigenvalue weighted by Crippen LogP contribution is 2.42. The van der Waals surface area contributed by atoms with Crippen LogP contribution >= 0.6 is 0 Å². The van der Waals surface area contributed by atoms with Crippen LogP contribution in [0.3, 0.4) is 0 Å². The van der Waals surface area contributed by atoms with Crippen molar-refractivity contribution in [3.63, 3.8) is 0 Å². The molecular formula is C22H32N2O4. The Morgan fingerprint density at radius 1 is 1.11 bits per heavy atom. The number of hydrogen-bond acceptors (Lipinski definition) is 4. The number of ether oxygens (including phenoxy) is 1. The van der Waals surface area contributed by atoms with Crippen molar-refractivity contribution in [2.24, 2.45) is 0 Å². The highest BCUT2D eigenvalue weighted by atomic mass is 16.5. The van der Waals surface area contributed by atoms with E-state index in [9.17, 15) is 14.7 Å². The fourth-order valence-corrected chi connectivity index (χ4v) is 3.39. The van der Waals surface area contributed by atoms with E-state index >= 15 is 0 Å². The Labute approximate surface area is 167 Å². The maximum atomic E-state index is 12.6. The van der Waals surface area contributed by atoms with Gasteiger partial charge in [0, 0.05) is 5.70 Å². The van der Waals surface area contributed by atoms with Crippen molar-refractivity contribution < 1.29 is 19.4 Å². The van der Waals surface area contributed by atoms with Crippen LogP contribution in [0.4, 0.5) is 4.79 Å². The molecular weight excluding hydrogens is 356 g/mol. The van der Waals surface area contributed by atoms with Crippen LogP contribution in [0.25, 0.3) is 0 Å². The number of aromatic hydroxyl groups is 1. The molecule has 28 heavy (non-hydrogen) atoms. The van der Waals surface area contributed by atoms with Gasteiger partial charge in [0.1, 0.15) is 5.75 Å². The quantitative estimate of drug-likeness (QED) is 0.678. The van der Waals surface area contributed by atoms with Gasteiger partial charge in [-0.05, 0) is 53.5 Å². The Morgan fingerprint density at radius 3 is 2.04 bits per heavy atom. The van der Waals surface area contributed by atoms with Crippen molar-refractivity contribution in [1.82, 2.24) is 10.6 Å². The molecule has 0 spiro atoms. The second-order valence-corrected chi connectivity index (χ2v) is 9.26. The Morgan fingerprint density at radius 2 is 1.61 bits per heavy atom. The SMILES string of the molecule is CCOC(=O)C1=C(C)NC(=O)N[C@@H]1c1cc(C(C)(C)C)c(O)c(C(C)(C)C)c1. The minimum atomic E-state index is -0.657. The van der Waals surface area contributed by atoms with Gasteiger partial charge in [-0.3, -0.25) is 0 Å². The average Bonchev–Trinajstić information content (AvgIpc) is 2.52. The van der Waals surface area contributed by atoms with E-state index in [1.54, 1.807) is 13.8 Å². The standard InChI is InChI=1S/C22H32N2O4/c1-9-28-19(26)16-12(2)23-20(27)24-17(16)13-10-14(21(3,4)5)18(25)15(11-13)22(6,7)8/h10-11,17,25H,9H2,1-8H3,(H2,23,24,27)/t17-/m1/s1. The van der Waals surface area contributed by atoms with Gasteiger partial charge in [-0.1, -0.05) is 41.5 Å². The van der Waals surface area contributed by atoms with Crippen LogP contribution in [0.15, 0.2) is 23.4 Å². The first-order valence-electron chi connectivity index (χ1n) is 9.60. The van der Waals surface area contributed by atoms with E-state index in [1.807, 2.05) is 53.7 Å². The van der Waals surface area contributed by atoms with Crippen LogP contribution in [-0.4, -0.2) is 23.7 Å². The normalized spacial score (nSPS) is 17.9. The van der Waals surface area contributed by atoms with Crippen LogP contribution in [0.2, 0.25) is 0 Å². The zero-order valence-electron chi connectivity index (χ0n) is 18.1. The third-order valence-electron chi connectivity index (χ3n) is 4.85. The van der Waals surface area contributed by atoms with E-state index in [1.165, 1.54) is 0 Å². The maximum Gasteiger partial charge on any atom is 0.338 e. The van der Waals surface area contributed by atoms with Crippen LogP contribution in [-0.2, 0) is 20.4 Å². The largest absolute Gasteiger partial charge is 0.507 e. The molecule has 6 heteroatoms. The number of allylic oxidation sites excluding steroid dienone is 1. The van der Waals surface area contributed by atoms with Crippen molar-refractivity contribution in [2.75, 3.05) is 6.61 Å². The lowest BCUT2D eigenvalue weighted by Gasteiger charge is -2.32. The van der Waals surface area contributed by atoms with Crippen molar-refractivity contribution in [3.05, 3.63) is 40.1 Å². The van der Waals surface area contributed by atoms with Gasteiger partial charge in [-0.2, -0.15) is 0 Å². The van der Waals surface area contributed by atoms with Crippen molar-refractivity contribution in [2.45, 2.75) is 72.3 Å². The highest BCUT2D eigenvalue weighted by molar-refractivity contribution is 5.95. The van der Waals surface area contributed by atoms with E-state index in [2.05, 4.69) is 10.6 Å². The highest BCUT2D eigenvalue weighted by Gasteiger charge is 2.35. The number of phenolic OH excluding ortho intramolecular Hbond substituents is 1. The van der Waals surface area contributed by atoms with Gasteiger partial charge in [0.05, 0.1) is 18.2 Å². The van der Waals surface area contributed by atoms with Gasteiger partial charge in [0.2, 0.25) is 0 Å². The number of carbonyl (C=O) groups is 2. The molecule has 0 bridgehead atoms. The molecule has 0 saturated heterocycles. The van der Waals surface area contributed by atoms with Crippen LogP contribution < -0.4 is 10.6 Å². The third-order valence-corrected chi connectivity index (χ3v) is 4.85. The molecule has 0 aromatic heterocycles. The van der Waals surface area contributed by atoms with Gasteiger partial charge in [-0.15, -0.1) is 0 Å². The summed E-state index contributed by atoms with van der Waals surface area (Å²) in [5, 5.41) is 16.4. The topological polar surface area (TPSA) is 87.7 Å². The third kappa shape index (κ3) is 4.32. The van der Waals surface area contributed by atoms with E-state index in [-0.39, 0.29) is 29.2 Å². The van der Waals surface area contributed by atoms with E-state index < -0.39 is 12.0 Å². The van der Waals surface area contributed by atoms with Gasteiger partial charge < -0.3 is 20.5 Å². The predicted molar refractivity (Wildman–Crippen MR) is 109 cm³/mol. The van der Waals surface area contributed by atoms with Crippen LogP contribution in [0.5, 0.6) is 5.75 Å². The summed E-state index contributed by atoms with van der Waals surface area (Å²) in [6.07, 6.45) is 0. The fraction of sp³-hybridized carbons (Fsp3) is 0.545. The van der Waals surface area contributed by atoms with E-state index in [0.29, 0.717) is 11.3 Å². The molecule has 0 fully saturated rings. The number of amides is 2. The first-order valence-corrected chi connectivity index (χ1v) is 9.60. The summed E-state index contributed by atoms with van der Waals surface area (Å²) >= 11 is 0. The molecule has 0 unspecified atom stereocenters.